The van der Waals surface area contributed by atoms with Crippen LogP contribution in [0.2, 0.25) is 0 Å². The van der Waals surface area contributed by atoms with Crippen LogP contribution in [0.5, 0.6) is 0 Å². The van der Waals surface area contributed by atoms with Gasteiger partial charge < -0.3 is 0 Å². The summed E-state index contributed by atoms with van der Waals surface area (Å²) in [5, 5.41) is 10.6. The molecule has 4 nitrogen and oxygen atoms in total. The second-order valence-electron chi connectivity index (χ2n) is 1.09. The molecule has 0 N–H and O–H groups in total. The molecule has 1 heterocycles. The predicted molar refractivity (Wildman–Crippen MR) is 24.7 cm³/mol. The molecule has 1 rings (SSSR count). The first kappa shape index (κ1) is 4.45. The van der Waals surface area contributed by atoms with E-state index in [1.165, 1.54) is 4.68 Å². The van der Waals surface area contributed by atoms with E-state index in [0.29, 0.717) is 5.16 Å². The third-order valence-electron chi connectivity index (χ3n) is 0.581. The first-order valence-electron chi connectivity index (χ1n) is 1.70. The van der Waals surface area contributed by atoms with Gasteiger partial charge in [0.2, 0.25) is 5.16 Å². The van der Waals surface area contributed by atoms with Crippen molar-refractivity contribution in [2.75, 3.05) is 0 Å². The number of rotatable bonds is 0. The van der Waals surface area contributed by atoms with Gasteiger partial charge in [0, 0.05) is 7.05 Å². The van der Waals surface area contributed by atoms with Gasteiger partial charge in [-0.25, -0.2) is 4.68 Å². The van der Waals surface area contributed by atoms with Gasteiger partial charge in [0.15, 0.2) is 0 Å². The number of aromatic nitrogens is 4. The quantitative estimate of drug-likeness (QED) is 0.469. The van der Waals surface area contributed by atoms with E-state index in [1.807, 2.05) is 0 Å². The van der Waals surface area contributed by atoms with E-state index in [-0.39, 0.29) is 0 Å². The zero-order valence-electron chi connectivity index (χ0n) is 3.70. The van der Waals surface area contributed by atoms with Gasteiger partial charge in [-0.3, -0.25) is 0 Å². The SMILES string of the molecule is Cn1nnnc1[S]. The van der Waals surface area contributed by atoms with Gasteiger partial charge in [-0.15, -0.1) is 0 Å². The van der Waals surface area contributed by atoms with Gasteiger partial charge >= 0.3 is 0 Å². The number of nitrogens with zero attached hydrogens (tertiary/aromatic N) is 4. The fraction of sp³-hybridized carbons (Fsp3) is 0.500. The Kier molecular flexibility index (Phi) is 0.900. The molecule has 0 saturated carbocycles. The van der Waals surface area contributed by atoms with E-state index in [0.717, 1.165) is 0 Å². The van der Waals surface area contributed by atoms with Crippen molar-refractivity contribution in [2.24, 2.45) is 7.05 Å². The Labute approximate surface area is 45.9 Å². The van der Waals surface area contributed by atoms with Crippen molar-refractivity contribution in [2.45, 2.75) is 5.16 Å². The van der Waals surface area contributed by atoms with Crippen molar-refractivity contribution in [1.82, 2.24) is 20.2 Å². The molecule has 1 aromatic heterocycles. The van der Waals surface area contributed by atoms with Crippen molar-refractivity contribution in [3.8, 4) is 0 Å². The van der Waals surface area contributed by atoms with Crippen LogP contribution in [0.1, 0.15) is 0 Å². The van der Waals surface area contributed by atoms with Gasteiger partial charge in [0.05, 0.1) is 0 Å². The zero-order valence-corrected chi connectivity index (χ0v) is 4.51. The fourth-order valence-electron chi connectivity index (χ4n) is 0.221. The third-order valence-corrected chi connectivity index (χ3v) is 0.927. The Hall–Kier alpha value is -0.710. The van der Waals surface area contributed by atoms with Crippen LogP contribution < -0.4 is 0 Å². The van der Waals surface area contributed by atoms with E-state index in [2.05, 4.69) is 28.2 Å². The highest BCUT2D eigenvalue weighted by Gasteiger charge is 1.90. The molecular formula is C2H3N4S. The van der Waals surface area contributed by atoms with Crippen LogP contribution in [0.25, 0.3) is 0 Å². The van der Waals surface area contributed by atoms with Gasteiger partial charge in [-0.05, 0) is 23.1 Å². The summed E-state index contributed by atoms with van der Waals surface area (Å²) in [6.45, 7) is 0. The molecule has 0 fully saturated rings. The molecule has 1 radical (unpaired) electrons. The zero-order chi connectivity index (χ0) is 5.28. The van der Waals surface area contributed by atoms with Crippen molar-refractivity contribution in [3.63, 3.8) is 0 Å². The summed E-state index contributed by atoms with van der Waals surface area (Å²) in [5.41, 5.74) is 0. The van der Waals surface area contributed by atoms with Gasteiger partial charge in [-0.2, -0.15) is 0 Å². The third kappa shape index (κ3) is 0.663. The molecular weight excluding hydrogens is 112 g/mol. The van der Waals surface area contributed by atoms with E-state index >= 15 is 0 Å². The monoisotopic (exact) mass is 115 g/mol. The molecule has 0 aliphatic rings. The Morgan fingerprint density at radius 1 is 1.71 bits per heavy atom. The average Bonchev–Trinajstić information content (AvgIpc) is 1.91. The van der Waals surface area contributed by atoms with Crippen LogP contribution in [0, 0.1) is 0 Å². The Balaban J connectivity index is 3.12. The summed E-state index contributed by atoms with van der Waals surface area (Å²) >= 11 is 4.61. The summed E-state index contributed by atoms with van der Waals surface area (Å²) in [6.07, 6.45) is 0. The Morgan fingerprint density at radius 2 is 2.43 bits per heavy atom. The van der Waals surface area contributed by atoms with Gasteiger partial charge in [-0.1, -0.05) is 5.10 Å². The Bertz CT molecular complexity index is 142. The number of hydrogen-bond donors (Lipinski definition) is 0. The average molecular weight is 115 g/mol. The van der Waals surface area contributed by atoms with E-state index in [4.69, 9.17) is 0 Å². The topological polar surface area (TPSA) is 43.6 Å². The largest absolute Gasteiger partial charge is 0.239 e. The highest BCUT2D eigenvalue weighted by atomic mass is 32.1. The van der Waals surface area contributed by atoms with Crippen LogP contribution >= 0.6 is 12.6 Å². The fourth-order valence-corrected chi connectivity index (χ4v) is 0.294. The summed E-state index contributed by atoms with van der Waals surface area (Å²) < 4.78 is 1.43. The van der Waals surface area contributed by atoms with E-state index < -0.39 is 0 Å². The molecule has 0 amide bonds. The first-order valence-corrected chi connectivity index (χ1v) is 2.11. The molecule has 0 aliphatic heterocycles. The molecule has 0 atom stereocenters. The van der Waals surface area contributed by atoms with E-state index in [1.54, 1.807) is 7.05 Å². The summed E-state index contributed by atoms with van der Waals surface area (Å²) in [6, 6.07) is 0. The number of aryl methyl sites for hydroxylation is 1. The summed E-state index contributed by atoms with van der Waals surface area (Å²) in [7, 11) is 1.70. The minimum Gasteiger partial charge on any atom is -0.220 e. The lowest BCUT2D eigenvalue weighted by Gasteiger charge is -1.79. The predicted octanol–water partition coefficient (Wildman–Crippen LogP) is -0.234. The minimum atomic E-state index is 0.417. The molecule has 0 spiro atoms. The van der Waals surface area contributed by atoms with Crippen molar-refractivity contribution in [1.29, 1.82) is 0 Å². The van der Waals surface area contributed by atoms with Gasteiger partial charge in [0.25, 0.3) is 0 Å². The molecule has 7 heavy (non-hydrogen) atoms. The van der Waals surface area contributed by atoms with E-state index in [9.17, 15) is 0 Å². The molecule has 0 aromatic carbocycles. The summed E-state index contributed by atoms with van der Waals surface area (Å²) in [5.74, 6) is 0. The lowest BCUT2D eigenvalue weighted by atomic mass is 11.2. The number of hydrogen-bond acceptors (Lipinski definition) is 3. The second-order valence-corrected chi connectivity index (χ2v) is 1.45. The van der Waals surface area contributed by atoms with Crippen molar-refractivity contribution < 1.29 is 0 Å². The van der Waals surface area contributed by atoms with Crippen molar-refractivity contribution in [3.05, 3.63) is 0 Å². The Morgan fingerprint density at radius 3 is 2.57 bits per heavy atom. The maximum atomic E-state index is 4.61. The highest BCUT2D eigenvalue weighted by molar-refractivity contribution is 7.80. The van der Waals surface area contributed by atoms with Crippen LogP contribution in [0.4, 0.5) is 0 Å². The molecule has 37 valence electrons. The molecule has 5 heteroatoms. The molecule has 0 saturated heterocycles. The lowest BCUT2D eigenvalue weighted by Crippen LogP contribution is -1.89. The molecule has 0 bridgehead atoms. The number of tetrazole rings is 1. The maximum Gasteiger partial charge on any atom is 0.239 e. The van der Waals surface area contributed by atoms with Crippen LogP contribution in [0.15, 0.2) is 5.16 Å². The van der Waals surface area contributed by atoms with Crippen LogP contribution in [0.3, 0.4) is 0 Å². The normalized spacial score (nSPS) is 9.29. The smallest absolute Gasteiger partial charge is 0.220 e. The molecule has 1 aromatic rings. The van der Waals surface area contributed by atoms with Crippen LogP contribution in [-0.2, 0) is 7.05 Å². The second kappa shape index (κ2) is 1.42. The molecule has 0 aliphatic carbocycles. The van der Waals surface area contributed by atoms with Crippen molar-refractivity contribution >= 4 is 12.6 Å². The van der Waals surface area contributed by atoms with Crippen LogP contribution in [-0.4, -0.2) is 20.2 Å². The summed E-state index contributed by atoms with van der Waals surface area (Å²) in [4.78, 5) is 0. The maximum absolute atomic E-state index is 4.61. The molecule has 0 unspecified atom stereocenters. The first-order chi connectivity index (χ1) is 3.30. The van der Waals surface area contributed by atoms with Gasteiger partial charge in [0.1, 0.15) is 0 Å². The highest BCUT2D eigenvalue weighted by Crippen LogP contribution is 1.90. The lowest BCUT2D eigenvalue weighted by molar-refractivity contribution is 0.666. The standard InChI is InChI=1S/C2H3N4S/c1-6-2(7)3-4-5-6/h1H3. The minimum absolute atomic E-state index is 0.417.